The van der Waals surface area contributed by atoms with Gasteiger partial charge in [0.25, 0.3) is 5.69 Å². The number of carbonyl (C=O) groups is 1. The Morgan fingerprint density at radius 2 is 1.87 bits per heavy atom. The minimum atomic E-state index is -0.463. The zero-order valence-electron chi connectivity index (χ0n) is 16.6. The van der Waals surface area contributed by atoms with Crippen LogP contribution in [-0.4, -0.2) is 43.4 Å². The lowest BCUT2D eigenvalue weighted by molar-refractivity contribution is -0.384. The number of nitro benzene ring substituents is 1. The van der Waals surface area contributed by atoms with Crippen LogP contribution in [0, 0.1) is 10.1 Å². The first-order valence-electron chi connectivity index (χ1n) is 10.4. The lowest BCUT2D eigenvalue weighted by Gasteiger charge is -2.37. The number of benzene rings is 2. The third-order valence-electron chi connectivity index (χ3n) is 6.04. The molecule has 0 N–H and O–H groups in total. The number of amides is 1. The van der Waals surface area contributed by atoms with Crippen molar-refractivity contribution in [3.63, 3.8) is 0 Å². The van der Waals surface area contributed by atoms with Crippen molar-refractivity contribution in [3.8, 4) is 5.75 Å². The Bertz CT molecular complexity index is 989. The van der Waals surface area contributed by atoms with E-state index in [1.807, 2.05) is 6.07 Å². The number of nitrogens with zero attached hydrogens (tertiary/aromatic N) is 3. The molecule has 0 bridgehead atoms. The molecular weight excluding hydrogens is 386 g/mol. The molecule has 30 heavy (non-hydrogen) atoms. The number of carbonyl (C=O) groups excluding carboxylic acids is 1. The third-order valence-corrected chi connectivity index (χ3v) is 6.04. The van der Waals surface area contributed by atoms with Crippen molar-refractivity contribution in [3.05, 3.63) is 57.6 Å². The average molecular weight is 409 g/mol. The molecule has 0 unspecified atom stereocenters. The largest absolute Gasteiger partial charge is 0.489 e. The van der Waals surface area contributed by atoms with Gasteiger partial charge in [0.05, 0.1) is 11.5 Å². The minimum absolute atomic E-state index is 0.0124. The van der Waals surface area contributed by atoms with Crippen LogP contribution >= 0.6 is 0 Å². The zero-order chi connectivity index (χ0) is 20.7. The highest BCUT2D eigenvalue weighted by Crippen LogP contribution is 2.40. The van der Waals surface area contributed by atoms with Crippen LogP contribution in [0.5, 0.6) is 5.75 Å². The summed E-state index contributed by atoms with van der Waals surface area (Å²) in [6, 6.07) is 10.1. The first kappa shape index (κ1) is 18.7. The van der Waals surface area contributed by atoms with E-state index in [-0.39, 0.29) is 12.3 Å². The molecule has 0 radical (unpaired) electrons. The zero-order valence-corrected chi connectivity index (χ0v) is 16.6. The van der Waals surface area contributed by atoms with E-state index in [1.54, 1.807) is 12.1 Å². The van der Waals surface area contributed by atoms with Gasteiger partial charge in [-0.15, -0.1) is 0 Å². The van der Waals surface area contributed by atoms with Crippen LogP contribution in [-0.2, 0) is 17.6 Å². The van der Waals surface area contributed by atoms with E-state index in [9.17, 15) is 14.9 Å². The van der Waals surface area contributed by atoms with E-state index in [2.05, 4.69) is 11.0 Å². The van der Waals surface area contributed by atoms with Crippen molar-refractivity contribution in [2.75, 3.05) is 36.0 Å². The molecule has 1 atom stereocenters. The van der Waals surface area contributed by atoms with E-state index < -0.39 is 17.1 Å². The summed E-state index contributed by atoms with van der Waals surface area (Å²) in [5.74, 6) is 0.880. The molecule has 3 aliphatic heterocycles. The van der Waals surface area contributed by atoms with Crippen molar-refractivity contribution in [2.24, 2.45) is 0 Å². The number of nitro groups is 1. The van der Waals surface area contributed by atoms with Gasteiger partial charge in [0.1, 0.15) is 12.4 Å². The van der Waals surface area contributed by atoms with E-state index in [0.717, 1.165) is 38.1 Å². The van der Waals surface area contributed by atoms with Crippen LogP contribution in [0.3, 0.4) is 0 Å². The maximum absolute atomic E-state index is 12.3. The summed E-state index contributed by atoms with van der Waals surface area (Å²) in [6.07, 6.45) is 3.59. The van der Waals surface area contributed by atoms with Crippen molar-refractivity contribution >= 4 is 23.2 Å². The molecule has 0 spiro atoms. The fourth-order valence-electron chi connectivity index (χ4n) is 4.64. The number of cyclic esters (lactones) is 1. The van der Waals surface area contributed by atoms with Gasteiger partial charge in [-0.3, -0.25) is 15.0 Å². The van der Waals surface area contributed by atoms with Gasteiger partial charge in [0.2, 0.25) is 0 Å². The molecule has 0 aliphatic carbocycles. The molecule has 8 heteroatoms. The van der Waals surface area contributed by atoms with Gasteiger partial charge >= 0.3 is 6.09 Å². The Morgan fingerprint density at radius 3 is 2.63 bits per heavy atom. The minimum Gasteiger partial charge on any atom is -0.489 e. The van der Waals surface area contributed by atoms with Gasteiger partial charge in [0, 0.05) is 42.2 Å². The SMILES string of the molecule is O=C1O[C@@H](COc2ccc3c4c2CCCN4CCC3)CN1c1ccc([N+](=O)[O-])cc1. The lowest BCUT2D eigenvalue weighted by atomic mass is 9.91. The number of rotatable bonds is 5. The molecule has 156 valence electrons. The number of hydrogen-bond donors (Lipinski definition) is 0. The molecule has 3 aliphatic rings. The van der Waals surface area contributed by atoms with Crippen LogP contribution in [0.25, 0.3) is 0 Å². The highest BCUT2D eigenvalue weighted by Gasteiger charge is 2.34. The molecule has 1 fully saturated rings. The quantitative estimate of drug-likeness (QED) is 0.553. The molecule has 0 aromatic heterocycles. The summed E-state index contributed by atoms with van der Waals surface area (Å²) in [6.45, 7) is 2.84. The predicted octanol–water partition coefficient (Wildman–Crippen LogP) is 3.70. The predicted molar refractivity (Wildman–Crippen MR) is 112 cm³/mol. The summed E-state index contributed by atoms with van der Waals surface area (Å²) in [4.78, 5) is 26.6. The fourth-order valence-corrected chi connectivity index (χ4v) is 4.64. The van der Waals surface area contributed by atoms with Crippen molar-refractivity contribution in [1.29, 1.82) is 0 Å². The maximum Gasteiger partial charge on any atom is 0.414 e. The fraction of sp³-hybridized carbons (Fsp3) is 0.409. The summed E-state index contributed by atoms with van der Waals surface area (Å²) < 4.78 is 11.6. The van der Waals surface area contributed by atoms with Gasteiger partial charge < -0.3 is 14.4 Å². The van der Waals surface area contributed by atoms with E-state index in [0.29, 0.717) is 12.2 Å². The van der Waals surface area contributed by atoms with Gasteiger partial charge in [-0.1, -0.05) is 6.07 Å². The highest BCUT2D eigenvalue weighted by atomic mass is 16.6. The van der Waals surface area contributed by atoms with E-state index in [4.69, 9.17) is 9.47 Å². The number of anilines is 2. The maximum atomic E-state index is 12.3. The Labute approximate surface area is 174 Å². The van der Waals surface area contributed by atoms with E-state index >= 15 is 0 Å². The summed E-state index contributed by atoms with van der Waals surface area (Å²) >= 11 is 0. The average Bonchev–Trinajstić information content (AvgIpc) is 3.14. The van der Waals surface area contributed by atoms with Gasteiger partial charge in [-0.05, 0) is 49.4 Å². The second-order valence-electron chi connectivity index (χ2n) is 7.95. The second-order valence-corrected chi connectivity index (χ2v) is 7.95. The number of non-ortho nitro benzene ring substituents is 1. The molecular formula is C22H23N3O5. The van der Waals surface area contributed by atoms with Crippen molar-refractivity contribution in [1.82, 2.24) is 0 Å². The summed E-state index contributed by atoms with van der Waals surface area (Å²) in [5, 5.41) is 10.8. The number of hydrogen-bond acceptors (Lipinski definition) is 6. The lowest BCUT2D eigenvalue weighted by Crippen LogP contribution is -2.34. The Balaban J connectivity index is 1.27. The molecule has 5 rings (SSSR count). The Hall–Kier alpha value is -3.29. The molecule has 2 aromatic rings. The molecule has 1 saturated heterocycles. The van der Waals surface area contributed by atoms with Crippen LogP contribution < -0.4 is 14.5 Å². The van der Waals surface area contributed by atoms with Crippen molar-refractivity contribution < 1.29 is 19.2 Å². The molecule has 3 heterocycles. The van der Waals surface area contributed by atoms with Crippen LogP contribution in [0.2, 0.25) is 0 Å². The Morgan fingerprint density at radius 1 is 1.10 bits per heavy atom. The molecule has 2 aromatic carbocycles. The smallest absolute Gasteiger partial charge is 0.414 e. The molecule has 0 saturated carbocycles. The topological polar surface area (TPSA) is 85.2 Å². The first-order chi connectivity index (χ1) is 14.6. The van der Waals surface area contributed by atoms with Gasteiger partial charge in [-0.2, -0.15) is 0 Å². The second kappa shape index (κ2) is 7.51. The normalized spacial score (nSPS) is 20.0. The summed E-state index contributed by atoms with van der Waals surface area (Å²) in [5.41, 5.74) is 4.59. The molecule has 8 nitrogen and oxygen atoms in total. The molecule has 1 amide bonds. The van der Waals surface area contributed by atoms with Crippen molar-refractivity contribution in [2.45, 2.75) is 31.8 Å². The highest BCUT2D eigenvalue weighted by molar-refractivity contribution is 5.89. The van der Waals surface area contributed by atoms with Crippen LogP contribution in [0.15, 0.2) is 36.4 Å². The number of aryl methyl sites for hydroxylation is 1. The summed E-state index contributed by atoms with van der Waals surface area (Å²) in [7, 11) is 0. The standard InChI is InChI=1S/C22H23N3O5/c26-22-24(16-6-8-17(9-7-16)25(27)28)13-18(30-22)14-29-20-10-5-15-3-1-11-23-12-2-4-19(20)21(15)23/h5-10,18H,1-4,11-14H2/t18-/m1/s1. The van der Waals surface area contributed by atoms with Crippen LogP contribution in [0.1, 0.15) is 24.0 Å². The van der Waals surface area contributed by atoms with Gasteiger partial charge in [-0.25, -0.2) is 4.79 Å². The van der Waals surface area contributed by atoms with Crippen LogP contribution in [0.4, 0.5) is 21.9 Å². The van der Waals surface area contributed by atoms with E-state index in [1.165, 1.54) is 40.3 Å². The first-order valence-corrected chi connectivity index (χ1v) is 10.4. The number of ether oxygens (including phenoxy) is 2. The third kappa shape index (κ3) is 3.32. The van der Waals surface area contributed by atoms with Gasteiger partial charge in [0.15, 0.2) is 6.10 Å². The Kier molecular flexibility index (Phi) is 4.69. The monoisotopic (exact) mass is 409 g/mol.